The standard InChI is InChI=1S/C9H7N3O2S/c10-9-8(12(13)14)6(3-4-11-9)7-2-1-5-15-7/h1-5H,(H2,10,11). The van der Waals surface area contributed by atoms with E-state index in [0.29, 0.717) is 5.56 Å². The second-order valence-electron chi connectivity index (χ2n) is 2.83. The molecule has 0 atom stereocenters. The molecule has 0 spiro atoms. The average molecular weight is 221 g/mol. The molecule has 0 radical (unpaired) electrons. The zero-order valence-corrected chi connectivity index (χ0v) is 8.40. The van der Waals surface area contributed by atoms with Crippen LogP contribution in [0.1, 0.15) is 0 Å². The first-order valence-corrected chi connectivity index (χ1v) is 5.01. The summed E-state index contributed by atoms with van der Waals surface area (Å²) in [4.78, 5) is 14.9. The summed E-state index contributed by atoms with van der Waals surface area (Å²) in [5, 5.41) is 12.7. The Balaban J connectivity index is 2.66. The Kier molecular flexibility index (Phi) is 2.34. The Hall–Kier alpha value is -1.95. The third kappa shape index (κ3) is 1.66. The van der Waals surface area contributed by atoms with Gasteiger partial charge >= 0.3 is 5.69 Å². The summed E-state index contributed by atoms with van der Waals surface area (Å²) in [5.74, 6) is -0.0501. The van der Waals surface area contributed by atoms with Crippen molar-refractivity contribution in [2.45, 2.75) is 0 Å². The maximum absolute atomic E-state index is 10.8. The van der Waals surface area contributed by atoms with E-state index in [1.54, 1.807) is 6.07 Å². The van der Waals surface area contributed by atoms with Gasteiger partial charge in [-0.3, -0.25) is 10.1 Å². The van der Waals surface area contributed by atoms with Crippen molar-refractivity contribution in [1.82, 2.24) is 4.98 Å². The molecule has 0 aliphatic rings. The van der Waals surface area contributed by atoms with E-state index >= 15 is 0 Å². The van der Waals surface area contributed by atoms with Gasteiger partial charge in [0.25, 0.3) is 0 Å². The van der Waals surface area contributed by atoms with Crippen LogP contribution in [0.5, 0.6) is 0 Å². The van der Waals surface area contributed by atoms with Crippen molar-refractivity contribution in [3.05, 3.63) is 39.9 Å². The number of pyridine rings is 1. The van der Waals surface area contributed by atoms with Crippen LogP contribution in [0.2, 0.25) is 0 Å². The van der Waals surface area contributed by atoms with E-state index in [9.17, 15) is 10.1 Å². The summed E-state index contributed by atoms with van der Waals surface area (Å²) in [6.07, 6.45) is 1.47. The molecule has 2 heterocycles. The summed E-state index contributed by atoms with van der Waals surface area (Å²) >= 11 is 1.43. The minimum Gasteiger partial charge on any atom is -0.378 e. The van der Waals surface area contributed by atoms with Gasteiger partial charge in [-0.25, -0.2) is 4.98 Å². The van der Waals surface area contributed by atoms with Crippen molar-refractivity contribution in [2.24, 2.45) is 0 Å². The molecule has 76 valence electrons. The molecule has 0 aliphatic carbocycles. The molecule has 6 heteroatoms. The summed E-state index contributed by atoms with van der Waals surface area (Å²) < 4.78 is 0. The molecule has 0 aliphatic heterocycles. The zero-order chi connectivity index (χ0) is 10.8. The van der Waals surface area contributed by atoms with Gasteiger partial charge in [0.1, 0.15) is 0 Å². The topological polar surface area (TPSA) is 82.0 Å². The van der Waals surface area contributed by atoms with E-state index in [-0.39, 0.29) is 11.5 Å². The highest BCUT2D eigenvalue weighted by molar-refractivity contribution is 7.13. The van der Waals surface area contributed by atoms with Gasteiger partial charge in [0.2, 0.25) is 5.82 Å². The summed E-state index contributed by atoms with van der Waals surface area (Å²) in [7, 11) is 0. The Morgan fingerprint density at radius 3 is 2.87 bits per heavy atom. The summed E-state index contributed by atoms with van der Waals surface area (Å²) in [5.41, 5.74) is 5.87. The Labute approximate surface area is 89.3 Å². The number of thiophene rings is 1. The lowest BCUT2D eigenvalue weighted by molar-refractivity contribution is -0.383. The van der Waals surface area contributed by atoms with Crippen LogP contribution in [0.4, 0.5) is 11.5 Å². The van der Waals surface area contributed by atoms with Crippen LogP contribution < -0.4 is 5.73 Å². The fraction of sp³-hybridized carbons (Fsp3) is 0. The molecule has 2 rings (SSSR count). The highest BCUT2D eigenvalue weighted by atomic mass is 32.1. The Morgan fingerprint density at radius 1 is 1.47 bits per heavy atom. The smallest absolute Gasteiger partial charge is 0.319 e. The number of nitrogen functional groups attached to an aromatic ring is 1. The van der Waals surface area contributed by atoms with Gasteiger partial charge in [0.15, 0.2) is 0 Å². The summed E-state index contributed by atoms with van der Waals surface area (Å²) in [6, 6.07) is 5.24. The second-order valence-corrected chi connectivity index (χ2v) is 3.77. The van der Waals surface area contributed by atoms with E-state index < -0.39 is 4.92 Å². The molecule has 0 saturated heterocycles. The average Bonchev–Trinajstić information content (AvgIpc) is 2.69. The van der Waals surface area contributed by atoms with E-state index in [4.69, 9.17) is 5.73 Å². The predicted molar refractivity (Wildman–Crippen MR) is 58.6 cm³/mol. The van der Waals surface area contributed by atoms with Crippen molar-refractivity contribution >= 4 is 22.8 Å². The maximum Gasteiger partial charge on any atom is 0.319 e. The fourth-order valence-corrected chi connectivity index (χ4v) is 2.05. The van der Waals surface area contributed by atoms with E-state index in [0.717, 1.165) is 4.88 Å². The van der Waals surface area contributed by atoms with E-state index in [1.165, 1.54) is 17.5 Å². The van der Waals surface area contributed by atoms with Crippen LogP contribution in [0, 0.1) is 10.1 Å². The number of nitrogens with two attached hydrogens (primary N) is 1. The number of hydrogen-bond donors (Lipinski definition) is 1. The van der Waals surface area contributed by atoms with Gasteiger partial charge in [-0.1, -0.05) is 6.07 Å². The highest BCUT2D eigenvalue weighted by Gasteiger charge is 2.20. The fourth-order valence-electron chi connectivity index (χ4n) is 1.29. The lowest BCUT2D eigenvalue weighted by Gasteiger charge is -2.01. The molecular formula is C9H7N3O2S. The van der Waals surface area contributed by atoms with Crippen LogP contribution in [0.15, 0.2) is 29.8 Å². The SMILES string of the molecule is Nc1nccc(-c2cccs2)c1[N+](=O)[O-]. The molecule has 2 aromatic heterocycles. The number of aromatic nitrogens is 1. The van der Waals surface area contributed by atoms with Crippen LogP contribution in [-0.2, 0) is 0 Å². The molecule has 5 nitrogen and oxygen atoms in total. The molecule has 0 unspecified atom stereocenters. The summed E-state index contributed by atoms with van der Waals surface area (Å²) in [6.45, 7) is 0. The van der Waals surface area contributed by atoms with E-state index in [2.05, 4.69) is 4.98 Å². The third-order valence-electron chi connectivity index (χ3n) is 1.92. The number of nitro groups is 1. The van der Waals surface area contributed by atoms with Crippen LogP contribution in [-0.4, -0.2) is 9.91 Å². The van der Waals surface area contributed by atoms with Gasteiger partial charge in [-0.05, 0) is 17.5 Å². The van der Waals surface area contributed by atoms with Gasteiger partial charge < -0.3 is 5.73 Å². The normalized spacial score (nSPS) is 10.1. The van der Waals surface area contributed by atoms with Crippen LogP contribution in [0.3, 0.4) is 0 Å². The lowest BCUT2D eigenvalue weighted by atomic mass is 10.2. The second kappa shape index (κ2) is 3.66. The first kappa shape index (κ1) is 9.60. The third-order valence-corrected chi connectivity index (χ3v) is 2.82. The Morgan fingerprint density at radius 2 is 2.27 bits per heavy atom. The van der Waals surface area contributed by atoms with Crippen molar-refractivity contribution in [2.75, 3.05) is 5.73 Å². The van der Waals surface area contributed by atoms with Gasteiger partial charge in [0.05, 0.1) is 10.5 Å². The molecule has 0 bridgehead atoms. The molecular weight excluding hydrogens is 214 g/mol. The number of nitrogens with zero attached hydrogens (tertiary/aromatic N) is 2. The van der Waals surface area contributed by atoms with Crippen molar-refractivity contribution in [1.29, 1.82) is 0 Å². The monoisotopic (exact) mass is 221 g/mol. The molecule has 0 fully saturated rings. The highest BCUT2D eigenvalue weighted by Crippen LogP contribution is 2.35. The Bertz CT molecular complexity index is 496. The maximum atomic E-state index is 10.8. The van der Waals surface area contributed by atoms with Gasteiger partial charge in [-0.15, -0.1) is 11.3 Å². The number of anilines is 1. The van der Waals surface area contributed by atoms with E-state index in [1.807, 2.05) is 17.5 Å². The predicted octanol–water partition coefficient (Wildman–Crippen LogP) is 2.30. The minimum absolute atomic E-state index is 0.0501. The lowest BCUT2D eigenvalue weighted by Crippen LogP contribution is -1.99. The minimum atomic E-state index is -0.503. The van der Waals surface area contributed by atoms with Crippen LogP contribution in [0.25, 0.3) is 10.4 Å². The van der Waals surface area contributed by atoms with Gasteiger partial charge in [-0.2, -0.15) is 0 Å². The quantitative estimate of drug-likeness (QED) is 0.623. The van der Waals surface area contributed by atoms with Crippen LogP contribution >= 0.6 is 11.3 Å². The molecule has 0 aromatic carbocycles. The molecule has 0 amide bonds. The number of hydrogen-bond acceptors (Lipinski definition) is 5. The van der Waals surface area contributed by atoms with Crippen molar-refractivity contribution in [3.8, 4) is 10.4 Å². The molecule has 0 saturated carbocycles. The zero-order valence-electron chi connectivity index (χ0n) is 7.58. The largest absolute Gasteiger partial charge is 0.378 e. The van der Waals surface area contributed by atoms with Gasteiger partial charge in [0, 0.05) is 11.1 Å². The van der Waals surface area contributed by atoms with Crippen molar-refractivity contribution in [3.63, 3.8) is 0 Å². The number of rotatable bonds is 2. The van der Waals surface area contributed by atoms with Crippen molar-refractivity contribution < 1.29 is 4.92 Å². The molecule has 2 aromatic rings. The molecule has 2 N–H and O–H groups in total. The first-order valence-electron chi connectivity index (χ1n) is 4.13. The first-order chi connectivity index (χ1) is 7.20. The molecule has 15 heavy (non-hydrogen) atoms.